The normalized spacial score (nSPS) is 15.6. The summed E-state index contributed by atoms with van der Waals surface area (Å²) in [5.41, 5.74) is 4.18. The monoisotopic (exact) mass is 519 g/mol. The number of aryl methyl sites for hydroxylation is 1. The molecule has 0 saturated carbocycles. The first-order valence-electron chi connectivity index (χ1n) is 13.5. The number of aliphatic hydroxyl groups excluding tert-OH is 1. The summed E-state index contributed by atoms with van der Waals surface area (Å²) < 4.78 is 11.9. The average molecular weight is 520 g/mol. The molecule has 0 radical (unpaired) electrons. The summed E-state index contributed by atoms with van der Waals surface area (Å²) in [6.45, 7) is 1.50. The molecule has 1 heterocycles. The van der Waals surface area contributed by atoms with Crippen LogP contribution in [0.3, 0.4) is 0 Å². The van der Waals surface area contributed by atoms with E-state index in [1.54, 1.807) is 18.3 Å². The smallest absolute Gasteiger partial charge is 0.237 e. The number of benzene rings is 3. The summed E-state index contributed by atoms with van der Waals surface area (Å²) in [5, 5.41) is 20.4. The van der Waals surface area contributed by atoms with Gasteiger partial charge in [-0.05, 0) is 78.8 Å². The Bertz CT molecular complexity index is 1390. The van der Waals surface area contributed by atoms with E-state index in [1.165, 1.54) is 16.7 Å². The first-order valence-corrected chi connectivity index (χ1v) is 13.5. The largest absolute Gasteiger partial charge is 0.491 e. The second kappa shape index (κ2) is 13.1. The van der Waals surface area contributed by atoms with Crippen molar-refractivity contribution >= 4 is 0 Å². The highest BCUT2D eigenvalue weighted by molar-refractivity contribution is 5.43. The van der Waals surface area contributed by atoms with Crippen molar-refractivity contribution in [1.29, 1.82) is 5.26 Å². The van der Waals surface area contributed by atoms with E-state index in [1.807, 2.05) is 42.5 Å². The van der Waals surface area contributed by atoms with Crippen molar-refractivity contribution in [3.63, 3.8) is 0 Å². The van der Waals surface area contributed by atoms with Crippen LogP contribution in [0.15, 0.2) is 97.2 Å². The number of aliphatic hydroxyl groups is 1. The Morgan fingerprint density at radius 3 is 2.54 bits per heavy atom. The molecular formula is C33H33N3O3. The fourth-order valence-corrected chi connectivity index (χ4v) is 5.16. The highest BCUT2D eigenvalue weighted by atomic mass is 16.5. The standard InChI is InChI=1S/C33H33N3O3/c34-21-27-12-8-18-35-33(27)39-32-17-16-26-11-7-13-29(19-28(26)20-32)36(22-25-9-3-1-4-10-25)23-30(37)24-38-31-14-5-2-6-15-31/h1-6,8-10,12,14-18,20,29-30,37H,7,11,13,19,22-24H2/t29?,30-/m0/s1. The predicted octanol–water partition coefficient (Wildman–Crippen LogP) is 5.94. The van der Waals surface area contributed by atoms with Crippen molar-refractivity contribution in [3.05, 3.63) is 119 Å². The first kappa shape index (κ1) is 26.4. The molecule has 0 saturated heterocycles. The molecule has 5 rings (SSSR count). The number of hydrogen-bond acceptors (Lipinski definition) is 6. The number of ether oxygens (including phenoxy) is 2. The molecule has 1 aromatic heterocycles. The summed E-state index contributed by atoms with van der Waals surface area (Å²) in [4.78, 5) is 6.64. The van der Waals surface area contributed by atoms with Crippen LogP contribution in [0.4, 0.5) is 0 Å². The van der Waals surface area contributed by atoms with Crippen LogP contribution in [0, 0.1) is 11.3 Å². The van der Waals surface area contributed by atoms with Crippen LogP contribution in [0.25, 0.3) is 0 Å². The summed E-state index contributed by atoms with van der Waals surface area (Å²) in [7, 11) is 0. The van der Waals surface area contributed by atoms with Crippen molar-refractivity contribution < 1.29 is 14.6 Å². The Labute approximate surface area is 230 Å². The van der Waals surface area contributed by atoms with Crippen LogP contribution in [0.1, 0.15) is 35.1 Å². The zero-order valence-electron chi connectivity index (χ0n) is 21.9. The second-order valence-corrected chi connectivity index (χ2v) is 9.94. The molecule has 0 bridgehead atoms. The number of rotatable bonds is 10. The Morgan fingerprint density at radius 1 is 0.949 bits per heavy atom. The minimum Gasteiger partial charge on any atom is -0.491 e. The maximum Gasteiger partial charge on any atom is 0.237 e. The zero-order chi connectivity index (χ0) is 26.9. The Morgan fingerprint density at radius 2 is 1.74 bits per heavy atom. The van der Waals surface area contributed by atoms with E-state index < -0.39 is 6.10 Å². The van der Waals surface area contributed by atoms with Crippen molar-refractivity contribution in [2.24, 2.45) is 0 Å². The average Bonchev–Trinajstić information content (AvgIpc) is 3.19. The van der Waals surface area contributed by atoms with Gasteiger partial charge in [0.1, 0.15) is 35.8 Å². The Hall–Kier alpha value is -4.18. The van der Waals surface area contributed by atoms with Crippen molar-refractivity contribution in [3.8, 4) is 23.4 Å². The highest BCUT2D eigenvalue weighted by Crippen LogP contribution is 2.30. The molecule has 6 nitrogen and oxygen atoms in total. The van der Waals surface area contributed by atoms with Gasteiger partial charge in [0.05, 0.1) is 0 Å². The van der Waals surface area contributed by atoms with E-state index in [0.29, 0.717) is 23.7 Å². The van der Waals surface area contributed by atoms with E-state index in [9.17, 15) is 10.4 Å². The molecule has 1 N–H and O–H groups in total. The molecule has 0 amide bonds. The lowest BCUT2D eigenvalue weighted by Crippen LogP contribution is -2.42. The number of aromatic nitrogens is 1. The van der Waals surface area contributed by atoms with Gasteiger partial charge in [-0.3, -0.25) is 4.90 Å². The minimum atomic E-state index is -0.625. The van der Waals surface area contributed by atoms with Gasteiger partial charge in [0, 0.05) is 25.3 Å². The SMILES string of the molecule is N#Cc1cccnc1Oc1ccc2c(c1)CC(N(Cc1ccccc1)C[C@H](O)COc1ccccc1)CCC2. The van der Waals surface area contributed by atoms with Gasteiger partial charge in [-0.25, -0.2) is 4.98 Å². The number of nitrogens with zero attached hydrogens (tertiary/aromatic N) is 3. The van der Waals surface area contributed by atoms with Crippen molar-refractivity contribution in [2.75, 3.05) is 13.2 Å². The summed E-state index contributed by atoms with van der Waals surface area (Å²) in [6.07, 6.45) is 4.95. The fraction of sp³-hybridized carbons (Fsp3) is 0.273. The van der Waals surface area contributed by atoms with E-state index in [4.69, 9.17) is 9.47 Å². The molecule has 1 aliphatic carbocycles. The van der Waals surface area contributed by atoms with Gasteiger partial charge in [0.25, 0.3) is 0 Å². The Kier molecular flexibility index (Phi) is 8.85. The minimum absolute atomic E-state index is 0.238. The Balaban J connectivity index is 1.33. The lowest BCUT2D eigenvalue weighted by Gasteiger charge is -2.33. The third kappa shape index (κ3) is 7.23. The fourth-order valence-electron chi connectivity index (χ4n) is 5.16. The molecule has 3 aromatic carbocycles. The van der Waals surface area contributed by atoms with Crippen molar-refractivity contribution in [2.45, 2.75) is 44.4 Å². The zero-order valence-corrected chi connectivity index (χ0v) is 21.9. The van der Waals surface area contributed by atoms with Crippen LogP contribution in [-0.2, 0) is 19.4 Å². The molecule has 0 fully saturated rings. The second-order valence-electron chi connectivity index (χ2n) is 9.94. The van der Waals surface area contributed by atoms with Gasteiger partial charge in [-0.1, -0.05) is 54.6 Å². The molecular weight excluding hydrogens is 486 g/mol. The molecule has 198 valence electrons. The summed E-state index contributed by atoms with van der Waals surface area (Å²) in [6, 6.07) is 32.0. The maximum atomic E-state index is 11.0. The van der Waals surface area contributed by atoms with Gasteiger partial charge in [0.2, 0.25) is 5.88 Å². The summed E-state index contributed by atoms with van der Waals surface area (Å²) in [5.74, 6) is 1.75. The van der Waals surface area contributed by atoms with Crippen LogP contribution in [-0.4, -0.2) is 40.3 Å². The lowest BCUT2D eigenvalue weighted by molar-refractivity contribution is 0.0463. The van der Waals surface area contributed by atoms with E-state index in [2.05, 4.69) is 52.4 Å². The predicted molar refractivity (Wildman–Crippen MR) is 151 cm³/mol. The third-order valence-electron chi connectivity index (χ3n) is 7.10. The van der Waals surface area contributed by atoms with E-state index in [-0.39, 0.29) is 12.6 Å². The van der Waals surface area contributed by atoms with Gasteiger partial charge in [-0.15, -0.1) is 0 Å². The highest BCUT2D eigenvalue weighted by Gasteiger charge is 2.25. The number of fused-ring (bicyclic) bond motifs is 1. The molecule has 39 heavy (non-hydrogen) atoms. The number of hydrogen-bond donors (Lipinski definition) is 1. The maximum absolute atomic E-state index is 11.0. The molecule has 6 heteroatoms. The molecule has 0 spiro atoms. The van der Waals surface area contributed by atoms with Crippen LogP contribution in [0.5, 0.6) is 17.4 Å². The molecule has 2 atom stereocenters. The van der Waals surface area contributed by atoms with Gasteiger partial charge >= 0.3 is 0 Å². The van der Waals surface area contributed by atoms with E-state index in [0.717, 1.165) is 38.0 Å². The van der Waals surface area contributed by atoms with Crippen LogP contribution in [0.2, 0.25) is 0 Å². The molecule has 1 aliphatic rings. The van der Waals surface area contributed by atoms with Gasteiger partial charge < -0.3 is 14.6 Å². The van der Waals surface area contributed by atoms with Crippen LogP contribution < -0.4 is 9.47 Å². The number of pyridine rings is 1. The number of nitriles is 1. The number of para-hydroxylation sites is 1. The van der Waals surface area contributed by atoms with Gasteiger partial charge in [0.15, 0.2) is 0 Å². The van der Waals surface area contributed by atoms with Crippen LogP contribution >= 0.6 is 0 Å². The van der Waals surface area contributed by atoms with Gasteiger partial charge in [-0.2, -0.15) is 5.26 Å². The lowest BCUT2D eigenvalue weighted by atomic mass is 10.00. The third-order valence-corrected chi connectivity index (χ3v) is 7.10. The molecule has 0 aliphatic heterocycles. The molecule has 4 aromatic rings. The van der Waals surface area contributed by atoms with E-state index >= 15 is 0 Å². The summed E-state index contributed by atoms with van der Waals surface area (Å²) >= 11 is 0. The quantitative estimate of drug-likeness (QED) is 0.262. The first-order chi connectivity index (χ1) is 19.2. The van der Waals surface area contributed by atoms with Crippen molar-refractivity contribution in [1.82, 2.24) is 9.88 Å². The topological polar surface area (TPSA) is 78.6 Å². The molecule has 1 unspecified atom stereocenters.